The molecule has 1 aliphatic rings. The van der Waals surface area contributed by atoms with E-state index in [9.17, 15) is 4.79 Å². The highest BCUT2D eigenvalue weighted by Gasteiger charge is 2.20. The second kappa shape index (κ2) is 4.29. The van der Waals surface area contributed by atoms with Crippen molar-refractivity contribution >= 4 is 5.78 Å². The molecule has 1 N–H and O–H groups in total. The summed E-state index contributed by atoms with van der Waals surface area (Å²) in [4.78, 5) is 11.3. The zero-order valence-electron chi connectivity index (χ0n) is 6.81. The number of carbonyl (C=O) groups is 1. The summed E-state index contributed by atoms with van der Waals surface area (Å²) in [7, 11) is 0. The van der Waals surface area contributed by atoms with Gasteiger partial charge in [-0.15, -0.1) is 6.58 Å². The normalized spacial score (nSPS) is 23.5. The van der Waals surface area contributed by atoms with Crippen LogP contribution < -0.4 is 5.32 Å². The molecule has 0 radical (unpaired) electrons. The SMILES string of the molecule is C=CCCC(=O)[C@@H]1CCCN1. The van der Waals surface area contributed by atoms with Gasteiger partial charge in [-0.1, -0.05) is 6.08 Å². The molecule has 11 heavy (non-hydrogen) atoms. The standard InChI is InChI=1S/C9H15NO/c1-2-3-6-9(11)8-5-4-7-10-8/h2,8,10H,1,3-7H2/t8-/m0/s1. The number of nitrogens with one attached hydrogen (secondary N) is 1. The maximum Gasteiger partial charge on any atom is 0.150 e. The van der Waals surface area contributed by atoms with Crippen LogP contribution in [0.15, 0.2) is 12.7 Å². The molecule has 1 fully saturated rings. The predicted molar refractivity (Wildman–Crippen MR) is 45.5 cm³/mol. The van der Waals surface area contributed by atoms with Gasteiger partial charge in [-0.05, 0) is 25.8 Å². The minimum absolute atomic E-state index is 0.148. The van der Waals surface area contributed by atoms with E-state index in [1.54, 1.807) is 6.08 Å². The highest BCUT2D eigenvalue weighted by atomic mass is 16.1. The molecule has 0 aromatic carbocycles. The minimum atomic E-state index is 0.148. The molecule has 0 amide bonds. The van der Waals surface area contributed by atoms with Gasteiger partial charge in [0, 0.05) is 6.42 Å². The van der Waals surface area contributed by atoms with E-state index in [1.807, 2.05) is 0 Å². The van der Waals surface area contributed by atoms with E-state index in [4.69, 9.17) is 0 Å². The van der Waals surface area contributed by atoms with Crippen molar-refractivity contribution in [2.24, 2.45) is 0 Å². The first kappa shape index (κ1) is 8.47. The van der Waals surface area contributed by atoms with Crippen molar-refractivity contribution in [1.82, 2.24) is 5.32 Å². The molecule has 1 rings (SSSR count). The van der Waals surface area contributed by atoms with Gasteiger partial charge in [-0.25, -0.2) is 0 Å². The third-order valence-corrected chi connectivity index (χ3v) is 2.04. The van der Waals surface area contributed by atoms with E-state index < -0.39 is 0 Å². The lowest BCUT2D eigenvalue weighted by atomic mass is 10.1. The Kier molecular flexibility index (Phi) is 3.30. The Balaban J connectivity index is 2.22. The van der Waals surface area contributed by atoms with Crippen LogP contribution in [0.3, 0.4) is 0 Å². The Morgan fingerprint density at radius 1 is 1.73 bits per heavy atom. The van der Waals surface area contributed by atoms with Crippen LogP contribution in [0.1, 0.15) is 25.7 Å². The summed E-state index contributed by atoms with van der Waals surface area (Å²) in [5, 5.41) is 3.18. The number of ketones is 1. The molecule has 1 saturated heterocycles. The number of hydrogen-bond acceptors (Lipinski definition) is 2. The zero-order chi connectivity index (χ0) is 8.10. The van der Waals surface area contributed by atoms with Gasteiger partial charge in [-0.3, -0.25) is 4.79 Å². The van der Waals surface area contributed by atoms with Crippen LogP contribution in [0.2, 0.25) is 0 Å². The maximum absolute atomic E-state index is 11.3. The van der Waals surface area contributed by atoms with Crippen molar-refractivity contribution in [1.29, 1.82) is 0 Å². The van der Waals surface area contributed by atoms with E-state index >= 15 is 0 Å². The number of Topliss-reactive ketones (excluding diaryl/α,β-unsaturated/α-hetero) is 1. The fourth-order valence-corrected chi connectivity index (χ4v) is 1.38. The van der Waals surface area contributed by atoms with Gasteiger partial charge in [0.1, 0.15) is 5.78 Å². The average molecular weight is 153 g/mol. The fourth-order valence-electron chi connectivity index (χ4n) is 1.38. The molecule has 0 aliphatic carbocycles. The summed E-state index contributed by atoms with van der Waals surface area (Å²) >= 11 is 0. The van der Waals surface area contributed by atoms with E-state index in [-0.39, 0.29) is 6.04 Å². The third-order valence-electron chi connectivity index (χ3n) is 2.04. The first-order valence-corrected chi connectivity index (χ1v) is 4.21. The van der Waals surface area contributed by atoms with Crippen molar-refractivity contribution in [3.05, 3.63) is 12.7 Å². The van der Waals surface area contributed by atoms with E-state index in [2.05, 4.69) is 11.9 Å². The number of carbonyl (C=O) groups excluding carboxylic acids is 1. The molecule has 0 bridgehead atoms. The van der Waals surface area contributed by atoms with Crippen LogP contribution in [0, 0.1) is 0 Å². The molecule has 0 saturated carbocycles. The molecule has 62 valence electrons. The van der Waals surface area contributed by atoms with E-state index in [1.165, 1.54) is 0 Å². The monoisotopic (exact) mass is 153 g/mol. The average Bonchev–Trinajstić information content (AvgIpc) is 2.52. The summed E-state index contributed by atoms with van der Waals surface area (Å²) in [6.45, 7) is 4.59. The quantitative estimate of drug-likeness (QED) is 0.616. The summed E-state index contributed by atoms with van der Waals surface area (Å²) in [5.41, 5.74) is 0. The summed E-state index contributed by atoms with van der Waals surface area (Å²) in [6.07, 6.45) is 5.44. The molecule has 0 aromatic rings. The Morgan fingerprint density at radius 3 is 3.09 bits per heavy atom. The summed E-state index contributed by atoms with van der Waals surface area (Å²) in [5.74, 6) is 0.349. The van der Waals surface area contributed by atoms with Gasteiger partial charge in [0.05, 0.1) is 6.04 Å². The minimum Gasteiger partial charge on any atom is -0.307 e. The van der Waals surface area contributed by atoms with Gasteiger partial charge in [0.15, 0.2) is 0 Å². The molecule has 1 aliphatic heterocycles. The van der Waals surface area contributed by atoms with E-state index in [0.717, 1.165) is 25.8 Å². The van der Waals surface area contributed by atoms with Crippen molar-refractivity contribution in [2.75, 3.05) is 6.54 Å². The van der Waals surface area contributed by atoms with Crippen LogP contribution in [0.25, 0.3) is 0 Å². The molecule has 1 atom stereocenters. The highest BCUT2D eigenvalue weighted by molar-refractivity contribution is 5.84. The van der Waals surface area contributed by atoms with Crippen molar-refractivity contribution in [2.45, 2.75) is 31.7 Å². The topological polar surface area (TPSA) is 29.1 Å². The molecular formula is C9H15NO. The lowest BCUT2D eigenvalue weighted by Crippen LogP contribution is -2.30. The number of hydrogen-bond donors (Lipinski definition) is 1. The first-order valence-electron chi connectivity index (χ1n) is 4.21. The molecule has 2 nitrogen and oxygen atoms in total. The van der Waals surface area contributed by atoms with Crippen molar-refractivity contribution < 1.29 is 4.79 Å². The molecule has 1 heterocycles. The first-order chi connectivity index (χ1) is 5.34. The Morgan fingerprint density at radius 2 is 2.55 bits per heavy atom. The van der Waals surface area contributed by atoms with Crippen LogP contribution in [0.4, 0.5) is 0 Å². The fraction of sp³-hybridized carbons (Fsp3) is 0.667. The highest BCUT2D eigenvalue weighted by Crippen LogP contribution is 2.08. The molecule has 0 spiro atoms. The van der Waals surface area contributed by atoms with Crippen LogP contribution in [-0.4, -0.2) is 18.4 Å². The molecule has 0 unspecified atom stereocenters. The number of allylic oxidation sites excluding steroid dienone is 1. The molecular weight excluding hydrogens is 138 g/mol. The smallest absolute Gasteiger partial charge is 0.150 e. The summed E-state index contributed by atoms with van der Waals surface area (Å²) in [6, 6.07) is 0.148. The van der Waals surface area contributed by atoms with Gasteiger partial charge < -0.3 is 5.32 Å². The Bertz CT molecular complexity index is 148. The molecule has 2 heteroatoms. The Hall–Kier alpha value is -0.630. The van der Waals surface area contributed by atoms with Gasteiger partial charge in [0.2, 0.25) is 0 Å². The van der Waals surface area contributed by atoms with Gasteiger partial charge in [0.25, 0.3) is 0 Å². The zero-order valence-corrected chi connectivity index (χ0v) is 6.81. The Labute approximate surface area is 67.7 Å². The largest absolute Gasteiger partial charge is 0.307 e. The van der Waals surface area contributed by atoms with Gasteiger partial charge >= 0.3 is 0 Å². The summed E-state index contributed by atoms with van der Waals surface area (Å²) < 4.78 is 0. The van der Waals surface area contributed by atoms with Crippen molar-refractivity contribution in [3.63, 3.8) is 0 Å². The van der Waals surface area contributed by atoms with E-state index in [0.29, 0.717) is 12.2 Å². The molecule has 0 aromatic heterocycles. The van der Waals surface area contributed by atoms with Gasteiger partial charge in [-0.2, -0.15) is 0 Å². The second-order valence-corrected chi connectivity index (χ2v) is 2.94. The third kappa shape index (κ3) is 2.46. The predicted octanol–water partition coefficient (Wildman–Crippen LogP) is 1.27. The second-order valence-electron chi connectivity index (χ2n) is 2.94. The maximum atomic E-state index is 11.3. The lowest BCUT2D eigenvalue weighted by molar-refractivity contribution is -0.120. The lowest BCUT2D eigenvalue weighted by Gasteiger charge is -2.06. The van der Waals surface area contributed by atoms with Crippen LogP contribution in [0.5, 0.6) is 0 Å². The van der Waals surface area contributed by atoms with Crippen LogP contribution >= 0.6 is 0 Å². The van der Waals surface area contributed by atoms with Crippen molar-refractivity contribution in [3.8, 4) is 0 Å². The van der Waals surface area contributed by atoms with Crippen LogP contribution in [-0.2, 0) is 4.79 Å². The number of rotatable bonds is 4.